The highest BCUT2D eigenvalue weighted by molar-refractivity contribution is 7.89. The lowest BCUT2D eigenvalue weighted by molar-refractivity contribution is -0.386. The standard InChI is InChI=1S/C11H13N5O4S/c12-21(19,20)10-4-1-3-9(11(10)16(17)18)13-6-8-15-7-2-5-14-15/h1-5,7,13H,6,8H2,(H2,12,19,20). The number of hydrogen-bond donors (Lipinski definition) is 2. The van der Waals surface area contributed by atoms with Crippen LogP contribution in [-0.4, -0.2) is 29.7 Å². The summed E-state index contributed by atoms with van der Waals surface area (Å²) in [6.07, 6.45) is 3.36. The number of nitro groups is 1. The molecule has 0 spiro atoms. The Balaban J connectivity index is 2.24. The molecule has 0 radical (unpaired) electrons. The number of hydrogen-bond acceptors (Lipinski definition) is 6. The van der Waals surface area contributed by atoms with Crippen LogP contribution in [-0.2, 0) is 16.6 Å². The van der Waals surface area contributed by atoms with Crippen molar-refractivity contribution in [2.45, 2.75) is 11.4 Å². The summed E-state index contributed by atoms with van der Waals surface area (Å²) in [5.41, 5.74) is -0.459. The topological polar surface area (TPSA) is 133 Å². The Kier molecular flexibility index (Phi) is 4.19. The molecule has 0 saturated carbocycles. The summed E-state index contributed by atoms with van der Waals surface area (Å²) < 4.78 is 24.4. The second-order valence-corrected chi connectivity index (χ2v) is 5.68. The molecule has 112 valence electrons. The fourth-order valence-electron chi connectivity index (χ4n) is 1.82. The molecule has 0 fully saturated rings. The van der Waals surface area contributed by atoms with Gasteiger partial charge in [0.15, 0.2) is 4.90 Å². The minimum Gasteiger partial charge on any atom is -0.378 e. The van der Waals surface area contributed by atoms with Gasteiger partial charge in [0.2, 0.25) is 10.0 Å². The van der Waals surface area contributed by atoms with E-state index in [0.29, 0.717) is 13.1 Å². The summed E-state index contributed by atoms with van der Waals surface area (Å²) >= 11 is 0. The predicted molar refractivity (Wildman–Crippen MR) is 75.2 cm³/mol. The van der Waals surface area contributed by atoms with E-state index in [9.17, 15) is 18.5 Å². The quantitative estimate of drug-likeness (QED) is 0.591. The van der Waals surface area contributed by atoms with E-state index in [2.05, 4.69) is 10.4 Å². The largest absolute Gasteiger partial charge is 0.378 e. The lowest BCUT2D eigenvalue weighted by Crippen LogP contribution is -2.16. The zero-order chi connectivity index (χ0) is 15.5. The third-order valence-electron chi connectivity index (χ3n) is 2.70. The van der Waals surface area contributed by atoms with Gasteiger partial charge in [-0.25, -0.2) is 13.6 Å². The fourth-order valence-corrected chi connectivity index (χ4v) is 2.54. The Labute approximate surface area is 120 Å². The minimum absolute atomic E-state index is 0.0960. The first-order valence-corrected chi connectivity index (χ1v) is 7.46. The van der Waals surface area contributed by atoms with Gasteiger partial charge in [0.05, 0.1) is 11.5 Å². The zero-order valence-electron chi connectivity index (χ0n) is 10.8. The van der Waals surface area contributed by atoms with Gasteiger partial charge in [0.25, 0.3) is 0 Å². The van der Waals surface area contributed by atoms with Gasteiger partial charge in [-0.1, -0.05) is 6.07 Å². The first-order chi connectivity index (χ1) is 9.89. The van der Waals surface area contributed by atoms with Crippen molar-refractivity contribution < 1.29 is 13.3 Å². The molecule has 1 heterocycles. The van der Waals surface area contributed by atoms with Gasteiger partial charge < -0.3 is 5.32 Å². The molecule has 1 aromatic heterocycles. The molecule has 0 bridgehead atoms. The number of aromatic nitrogens is 2. The van der Waals surface area contributed by atoms with Crippen molar-refractivity contribution in [3.63, 3.8) is 0 Å². The molecule has 0 saturated heterocycles. The van der Waals surface area contributed by atoms with Gasteiger partial charge >= 0.3 is 5.69 Å². The fraction of sp³-hybridized carbons (Fsp3) is 0.182. The number of benzene rings is 1. The Bertz CT molecular complexity index is 742. The highest BCUT2D eigenvalue weighted by atomic mass is 32.2. The number of nitrogens with zero attached hydrogens (tertiary/aromatic N) is 3. The Hall–Kier alpha value is -2.46. The number of rotatable bonds is 6. The second kappa shape index (κ2) is 5.89. The van der Waals surface area contributed by atoms with Crippen LogP contribution in [0.4, 0.5) is 11.4 Å². The Morgan fingerprint density at radius 2 is 2.14 bits per heavy atom. The van der Waals surface area contributed by atoms with Crippen molar-refractivity contribution >= 4 is 21.4 Å². The number of nitro benzene ring substituents is 1. The molecule has 21 heavy (non-hydrogen) atoms. The van der Waals surface area contributed by atoms with Crippen LogP contribution in [0.15, 0.2) is 41.6 Å². The lowest BCUT2D eigenvalue weighted by Gasteiger charge is -2.09. The van der Waals surface area contributed by atoms with Crippen LogP contribution < -0.4 is 10.5 Å². The molecule has 2 aromatic rings. The number of sulfonamides is 1. The maximum Gasteiger partial charge on any atom is 0.312 e. The van der Waals surface area contributed by atoms with Crippen LogP contribution in [0.2, 0.25) is 0 Å². The second-order valence-electron chi connectivity index (χ2n) is 4.15. The number of primary sulfonamides is 1. The number of para-hydroxylation sites is 1. The summed E-state index contributed by atoms with van der Waals surface area (Å²) in [6, 6.07) is 5.68. The average molecular weight is 311 g/mol. The van der Waals surface area contributed by atoms with Crippen molar-refractivity contribution in [2.24, 2.45) is 5.14 Å². The predicted octanol–water partition coefficient (Wildman–Crippen LogP) is 0.551. The van der Waals surface area contributed by atoms with Crippen molar-refractivity contribution in [3.8, 4) is 0 Å². The van der Waals surface area contributed by atoms with Crippen LogP contribution in [0.1, 0.15) is 0 Å². The number of nitrogens with two attached hydrogens (primary N) is 1. The first kappa shape index (κ1) is 14.9. The molecule has 0 aliphatic carbocycles. The third kappa shape index (κ3) is 3.55. The lowest BCUT2D eigenvalue weighted by atomic mass is 10.2. The summed E-state index contributed by atoms with van der Waals surface area (Å²) in [4.78, 5) is 9.82. The summed E-state index contributed by atoms with van der Waals surface area (Å²) in [5, 5.41) is 22.9. The molecule has 9 nitrogen and oxygen atoms in total. The molecule has 0 unspecified atom stereocenters. The molecule has 10 heteroatoms. The molecule has 1 aromatic carbocycles. The summed E-state index contributed by atoms with van der Waals surface area (Å²) in [7, 11) is -4.17. The van der Waals surface area contributed by atoms with E-state index in [0.717, 1.165) is 6.07 Å². The normalized spacial score (nSPS) is 11.3. The third-order valence-corrected chi connectivity index (χ3v) is 3.65. The molecule has 3 N–H and O–H groups in total. The number of nitrogens with one attached hydrogen (secondary N) is 1. The molecule has 0 aliphatic rings. The van der Waals surface area contributed by atoms with E-state index < -0.39 is 25.5 Å². The summed E-state index contributed by atoms with van der Waals surface area (Å²) in [6.45, 7) is 0.820. The molecule has 2 rings (SSSR count). The van der Waals surface area contributed by atoms with E-state index in [-0.39, 0.29) is 5.69 Å². The van der Waals surface area contributed by atoms with Crippen LogP contribution in [0.25, 0.3) is 0 Å². The van der Waals surface area contributed by atoms with E-state index in [1.807, 2.05) is 0 Å². The van der Waals surface area contributed by atoms with Crippen molar-refractivity contribution in [1.82, 2.24) is 9.78 Å². The smallest absolute Gasteiger partial charge is 0.312 e. The highest BCUT2D eigenvalue weighted by Gasteiger charge is 2.26. The monoisotopic (exact) mass is 311 g/mol. The Morgan fingerprint density at radius 3 is 2.71 bits per heavy atom. The van der Waals surface area contributed by atoms with Crippen LogP contribution in [0.5, 0.6) is 0 Å². The highest BCUT2D eigenvalue weighted by Crippen LogP contribution is 2.31. The van der Waals surface area contributed by atoms with Crippen molar-refractivity contribution in [3.05, 3.63) is 46.8 Å². The van der Waals surface area contributed by atoms with E-state index in [1.54, 1.807) is 23.1 Å². The van der Waals surface area contributed by atoms with E-state index >= 15 is 0 Å². The van der Waals surface area contributed by atoms with Gasteiger partial charge in [-0.05, 0) is 18.2 Å². The maximum atomic E-state index is 11.4. The minimum atomic E-state index is -4.17. The van der Waals surface area contributed by atoms with E-state index in [4.69, 9.17) is 5.14 Å². The van der Waals surface area contributed by atoms with Crippen LogP contribution >= 0.6 is 0 Å². The molecule has 0 amide bonds. The molecule has 0 aliphatic heterocycles. The summed E-state index contributed by atoms with van der Waals surface area (Å²) in [5.74, 6) is 0. The zero-order valence-corrected chi connectivity index (χ0v) is 11.7. The molecular weight excluding hydrogens is 298 g/mol. The SMILES string of the molecule is NS(=O)(=O)c1cccc(NCCn2cccn2)c1[N+](=O)[O-]. The van der Waals surface area contributed by atoms with Gasteiger partial charge in [-0.15, -0.1) is 0 Å². The van der Waals surface area contributed by atoms with Crippen molar-refractivity contribution in [1.29, 1.82) is 0 Å². The van der Waals surface area contributed by atoms with Gasteiger partial charge in [0.1, 0.15) is 5.69 Å². The Morgan fingerprint density at radius 1 is 1.38 bits per heavy atom. The van der Waals surface area contributed by atoms with Gasteiger partial charge in [-0.3, -0.25) is 14.8 Å². The van der Waals surface area contributed by atoms with E-state index in [1.165, 1.54) is 12.1 Å². The average Bonchev–Trinajstić information content (AvgIpc) is 2.90. The molecular formula is C11H13N5O4S. The van der Waals surface area contributed by atoms with Gasteiger partial charge in [0, 0.05) is 18.9 Å². The number of anilines is 1. The first-order valence-electron chi connectivity index (χ1n) is 5.91. The van der Waals surface area contributed by atoms with Gasteiger partial charge in [-0.2, -0.15) is 5.10 Å². The van der Waals surface area contributed by atoms with Crippen molar-refractivity contribution in [2.75, 3.05) is 11.9 Å². The molecule has 0 atom stereocenters. The van der Waals surface area contributed by atoms with Crippen LogP contribution in [0, 0.1) is 10.1 Å². The van der Waals surface area contributed by atoms with Crippen LogP contribution in [0.3, 0.4) is 0 Å². The maximum absolute atomic E-state index is 11.4.